The minimum absolute atomic E-state index is 0.367. The number of allylic oxidation sites excluding steroid dienone is 2. The van der Waals surface area contributed by atoms with Crippen LogP contribution in [0.4, 0.5) is 0 Å². The fourth-order valence-corrected chi connectivity index (χ4v) is 1.84. The Morgan fingerprint density at radius 1 is 1.00 bits per heavy atom. The van der Waals surface area contributed by atoms with Crippen molar-refractivity contribution in [2.75, 3.05) is 20.1 Å². The topological polar surface area (TPSA) is 37.4 Å². The number of fused-ring (bicyclic) bond motifs is 1. The number of hydrogen-bond acceptors (Lipinski definition) is 3. The zero-order valence-corrected chi connectivity index (χ0v) is 8.25. The number of carbonyl (C=O) groups is 2. The van der Waals surface area contributed by atoms with Gasteiger partial charge in [0.05, 0.1) is 0 Å². The average Bonchev–Trinajstić information content (AvgIpc) is 2.31. The molecule has 0 unspecified atom stereocenters. The molecule has 0 aromatic carbocycles. The molecule has 1 fully saturated rings. The Bertz CT molecular complexity index is 318. The van der Waals surface area contributed by atoms with Crippen molar-refractivity contribution in [1.82, 2.24) is 4.90 Å². The van der Waals surface area contributed by atoms with Gasteiger partial charge in [-0.1, -0.05) is 0 Å². The highest BCUT2D eigenvalue weighted by Gasteiger charge is 2.22. The van der Waals surface area contributed by atoms with Crippen LogP contribution in [0, 0.1) is 0 Å². The van der Waals surface area contributed by atoms with Gasteiger partial charge in [0.15, 0.2) is 0 Å². The van der Waals surface area contributed by atoms with Crippen LogP contribution in [0.1, 0.15) is 12.8 Å². The van der Waals surface area contributed by atoms with Crippen molar-refractivity contribution in [2.24, 2.45) is 0 Å². The fourth-order valence-electron chi connectivity index (χ4n) is 1.84. The van der Waals surface area contributed by atoms with Crippen LogP contribution in [0.25, 0.3) is 0 Å². The molecule has 0 amide bonds. The maximum Gasteiger partial charge on any atom is 0.225 e. The number of nitrogens with zero attached hydrogens (tertiary/aromatic N) is 1. The van der Waals surface area contributed by atoms with Crippen molar-refractivity contribution in [1.29, 1.82) is 0 Å². The Morgan fingerprint density at radius 2 is 1.43 bits per heavy atom. The molecule has 0 bridgehead atoms. The molecule has 74 valence electrons. The number of hydrogen-bond donors (Lipinski definition) is 0. The van der Waals surface area contributed by atoms with Gasteiger partial charge < -0.3 is 4.90 Å². The van der Waals surface area contributed by atoms with E-state index in [4.69, 9.17) is 0 Å². The first kappa shape index (κ1) is 9.34. The maximum absolute atomic E-state index is 11.2. The van der Waals surface area contributed by atoms with Gasteiger partial charge >= 0.3 is 0 Å². The molecule has 3 heteroatoms. The van der Waals surface area contributed by atoms with Gasteiger partial charge in [0.2, 0.25) is 11.6 Å². The second-order valence-electron chi connectivity index (χ2n) is 3.87. The Kier molecular flexibility index (Phi) is 2.33. The van der Waals surface area contributed by atoms with Crippen LogP contribution < -0.4 is 0 Å². The largest absolute Gasteiger partial charge is 0.306 e. The monoisotopic (exact) mass is 191 g/mol. The van der Waals surface area contributed by atoms with Crippen molar-refractivity contribution in [3.05, 3.63) is 23.3 Å². The van der Waals surface area contributed by atoms with E-state index in [2.05, 4.69) is 11.9 Å². The Morgan fingerprint density at radius 3 is 1.86 bits per heavy atom. The molecule has 0 atom stereocenters. The molecule has 0 aromatic rings. The second-order valence-corrected chi connectivity index (χ2v) is 3.87. The van der Waals surface area contributed by atoms with Crippen molar-refractivity contribution in [3.63, 3.8) is 0 Å². The molecular formula is C11H13NO2. The summed E-state index contributed by atoms with van der Waals surface area (Å²) in [4.78, 5) is 24.5. The van der Waals surface area contributed by atoms with Crippen LogP contribution in [0.15, 0.2) is 23.3 Å². The van der Waals surface area contributed by atoms with Gasteiger partial charge in [-0.3, -0.25) is 9.59 Å². The van der Waals surface area contributed by atoms with Gasteiger partial charge in [0.1, 0.15) is 0 Å². The van der Waals surface area contributed by atoms with Gasteiger partial charge in [-0.2, -0.15) is 0 Å². The third kappa shape index (κ3) is 1.68. The van der Waals surface area contributed by atoms with E-state index in [1.807, 2.05) is 0 Å². The van der Waals surface area contributed by atoms with E-state index in [1.54, 1.807) is 0 Å². The summed E-state index contributed by atoms with van der Waals surface area (Å²) in [6.45, 7) is 1.93. The summed E-state index contributed by atoms with van der Waals surface area (Å²) in [6.07, 6.45) is 4.77. The standard InChI is InChI=1S/C11H13NO2/c1-12-4-2-8-6-10(13)11(14)7-9(8)3-5-12/h6-7H,2-5H2,1H3. The fraction of sp³-hybridized carbons (Fsp3) is 0.455. The van der Waals surface area contributed by atoms with E-state index in [-0.39, 0.29) is 11.6 Å². The summed E-state index contributed by atoms with van der Waals surface area (Å²) in [5, 5.41) is 0. The lowest BCUT2D eigenvalue weighted by Crippen LogP contribution is -2.18. The minimum atomic E-state index is -0.367. The molecule has 1 saturated heterocycles. The number of rotatable bonds is 0. The van der Waals surface area contributed by atoms with E-state index in [1.165, 1.54) is 12.2 Å². The molecule has 0 radical (unpaired) electrons. The van der Waals surface area contributed by atoms with Crippen LogP contribution in [0.2, 0.25) is 0 Å². The van der Waals surface area contributed by atoms with E-state index < -0.39 is 0 Å². The van der Waals surface area contributed by atoms with Crippen molar-refractivity contribution in [3.8, 4) is 0 Å². The number of likely N-dealkylation sites (tertiary alicyclic amines) is 1. The van der Waals surface area contributed by atoms with Crippen molar-refractivity contribution < 1.29 is 9.59 Å². The summed E-state index contributed by atoms with van der Waals surface area (Å²) in [5.41, 5.74) is 2.11. The Labute approximate surface area is 83.1 Å². The van der Waals surface area contributed by atoms with Crippen LogP contribution in [0.5, 0.6) is 0 Å². The second kappa shape index (κ2) is 3.50. The summed E-state index contributed by atoms with van der Waals surface area (Å²) < 4.78 is 0. The van der Waals surface area contributed by atoms with Gasteiger partial charge in [-0.15, -0.1) is 0 Å². The molecule has 2 rings (SSSR count). The smallest absolute Gasteiger partial charge is 0.225 e. The lowest BCUT2D eigenvalue weighted by atomic mass is 9.93. The van der Waals surface area contributed by atoms with Gasteiger partial charge in [-0.05, 0) is 43.2 Å². The van der Waals surface area contributed by atoms with Gasteiger partial charge in [-0.25, -0.2) is 0 Å². The normalized spacial score (nSPS) is 23.8. The molecule has 0 saturated carbocycles. The summed E-state index contributed by atoms with van der Waals surface area (Å²) in [7, 11) is 2.06. The first-order chi connectivity index (χ1) is 6.66. The highest BCUT2D eigenvalue weighted by atomic mass is 16.2. The van der Waals surface area contributed by atoms with Crippen molar-refractivity contribution in [2.45, 2.75) is 12.8 Å². The van der Waals surface area contributed by atoms with E-state index >= 15 is 0 Å². The zero-order valence-electron chi connectivity index (χ0n) is 8.25. The SMILES string of the molecule is CN1CCC2=CC(=O)C(=O)C=C2CC1. The Hall–Kier alpha value is -1.22. The van der Waals surface area contributed by atoms with Crippen LogP contribution in [0.3, 0.4) is 0 Å². The van der Waals surface area contributed by atoms with E-state index in [0.717, 1.165) is 37.1 Å². The first-order valence-corrected chi connectivity index (χ1v) is 4.85. The molecule has 1 aliphatic heterocycles. The predicted molar refractivity (Wildman–Crippen MR) is 52.9 cm³/mol. The lowest BCUT2D eigenvalue weighted by Gasteiger charge is -2.10. The summed E-state index contributed by atoms with van der Waals surface area (Å²) in [6, 6.07) is 0. The molecule has 1 heterocycles. The highest BCUT2D eigenvalue weighted by Crippen LogP contribution is 2.24. The zero-order chi connectivity index (χ0) is 10.1. The van der Waals surface area contributed by atoms with E-state index in [0.29, 0.717) is 0 Å². The third-order valence-electron chi connectivity index (χ3n) is 2.79. The first-order valence-electron chi connectivity index (χ1n) is 4.85. The average molecular weight is 191 g/mol. The van der Waals surface area contributed by atoms with Gasteiger partial charge in [0, 0.05) is 13.1 Å². The van der Waals surface area contributed by atoms with Crippen molar-refractivity contribution >= 4 is 11.6 Å². The molecule has 14 heavy (non-hydrogen) atoms. The summed E-state index contributed by atoms with van der Waals surface area (Å²) in [5.74, 6) is -0.735. The van der Waals surface area contributed by atoms with Crippen LogP contribution >= 0.6 is 0 Å². The molecule has 2 aliphatic rings. The lowest BCUT2D eigenvalue weighted by molar-refractivity contribution is -0.131. The molecule has 3 nitrogen and oxygen atoms in total. The third-order valence-corrected chi connectivity index (χ3v) is 2.79. The number of ketones is 2. The Balaban J connectivity index is 2.29. The van der Waals surface area contributed by atoms with Crippen LogP contribution in [-0.2, 0) is 9.59 Å². The molecule has 0 N–H and O–H groups in total. The molecule has 0 spiro atoms. The van der Waals surface area contributed by atoms with Crippen LogP contribution in [-0.4, -0.2) is 36.6 Å². The predicted octanol–water partition coefficient (Wildman–Crippen LogP) is 0.717. The molecular weight excluding hydrogens is 178 g/mol. The summed E-state index contributed by atoms with van der Waals surface area (Å²) >= 11 is 0. The van der Waals surface area contributed by atoms with Gasteiger partial charge in [0.25, 0.3) is 0 Å². The van der Waals surface area contributed by atoms with E-state index in [9.17, 15) is 9.59 Å². The highest BCUT2D eigenvalue weighted by molar-refractivity contribution is 6.46. The quantitative estimate of drug-likeness (QED) is 0.418. The number of carbonyl (C=O) groups excluding carboxylic acids is 2. The maximum atomic E-state index is 11.2. The molecule has 1 aliphatic carbocycles. The minimum Gasteiger partial charge on any atom is -0.306 e. The molecule has 0 aromatic heterocycles.